The lowest BCUT2D eigenvalue weighted by molar-refractivity contribution is -0.347. The van der Waals surface area contributed by atoms with Crippen LogP contribution in [0.5, 0.6) is 0 Å². The van der Waals surface area contributed by atoms with Gasteiger partial charge >= 0.3 is 5.97 Å². The van der Waals surface area contributed by atoms with Gasteiger partial charge in [-0.25, -0.2) is 4.79 Å². The van der Waals surface area contributed by atoms with Crippen LogP contribution in [0.25, 0.3) is 0 Å². The van der Waals surface area contributed by atoms with E-state index in [0.29, 0.717) is 0 Å². The molecular weight excluding hydrogens is 272 g/mol. The largest absolute Gasteiger partial charge is 0.462 e. The first kappa shape index (κ1) is 19.0. The molecule has 0 aliphatic rings. The van der Waals surface area contributed by atoms with Crippen molar-refractivity contribution in [1.29, 1.82) is 0 Å². The number of carbonyl (C=O) groups is 1. The van der Waals surface area contributed by atoms with Crippen molar-refractivity contribution in [2.45, 2.75) is 18.8 Å². The minimum Gasteiger partial charge on any atom is -0.462 e. The summed E-state index contributed by atoms with van der Waals surface area (Å²) in [4.78, 5) is 10.9. The highest BCUT2D eigenvalue weighted by atomic mass is 16.7. The molecule has 8 nitrogen and oxygen atoms in total. The fraction of sp³-hybridized carbons (Fsp3) is 0.750. The lowest BCUT2D eigenvalue weighted by Gasteiger charge is -2.31. The number of carbonyl (C=O) groups excluding carboxylic acids is 1. The summed E-state index contributed by atoms with van der Waals surface area (Å²) in [7, 11) is 0. The predicted octanol–water partition coefficient (Wildman–Crippen LogP) is -2.29. The fourth-order valence-corrected chi connectivity index (χ4v) is 1.50. The average molecular weight is 294 g/mol. The van der Waals surface area contributed by atoms with Gasteiger partial charge in [0.05, 0.1) is 25.7 Å². The highest BCUT2D eigenvalue weighted by Gasteiger charge is 2.37. The minimum absolute atomic E-state index is 0.0176. The Bertz CT molecular complexity index is 297. The Morgan fingerprint density at radius 2 is 1.65 bits per heavy atom. The lowest BCUT2D eigenvalue weighted by atomic mass is 9.82. The van der Waals surface area contributed by atoms with Gasteiger partial charge in [0.1, 0.15) is 6.61 Å². The van der Waals surface area contributed by atoms with Gasteiger partial charge in [-0.1, -0.05) is 6.58 Å². The summed E-state index contributed by atoms with van der Waals surface area (Å²) in [6, 6.07) is 0. The predicted molar refractivity (Wildman–Crippen MR) is 67.0 cm³/mol. The van der Waals surface area contributed by atoms with Crippen LogP contribution < -0.4 is 0 Å². The SMILES string of the molecule is C=CC(=O)OCC(CCC(CO)(CO)CO)C(O)(O)O. The van der Waals surface area contributed by atoms with Crippen molar-refractivity contribution in [1.82, 2.24) is 0 Å². The summed E-state index contributed by atoms with van der Waals surface area (Å²) in [5, 5.41) is 55.0. The molecule has 118 valence electrons. The maximum Gasteiger partial charge on any atom is 0.330 e. The zero-order chi connectivity index (χ0) is 15.8. The Balaban J connectivity index is 4.66. The highest BCUT2D eigenvalue weighted by molar-refractivity contribution is 5.81. The molecule has 8 heteroatoms. The fourth-order valence-electron chi connectivity index (χ4n) is 1.50. The Morgan fingerprint density at radius 1 is 1.15 bits per heavy atom. The minimum atomic E-state index is -3.09. The van der Waals surface area contributed by atoms with E-state index in [0.717, 1.165) is 6.08 Å². The zero-order valence-corrected chi connectivity index (χ0v) is 11.1. The van der Waals surface area contributed by atoms with Crippen LogP contribution in [0.4, 0.5) is 0 Å². The van der Waals surface area contributed by atoms with Gasteiger partial charge in [-0.2, -0.15) is 0 Å². The molecule has 0 amide bonds. The molecule has 0 heterocycles. The Kier molecular flexibility index (Phi) is 7.87. The van der Waals surface area contributed by atoms with E-state index in [9.17, 15) is 20.1 Å². The molecule has 0 radical (unpaired) electrons. The van der Waals surface area contributed by atoms with E-state index in [-0.39, 0.29) is 12.8 Å². The van der Waals surface area contributed by atoms with Gasteiger partial charge in [-0.05, 0) is 12.8 Å². The lowest BCUT2D eigenvalue weighted by Crippen LogP contribution is -2.42. The monoisotopic (exact) mass is 294 g/mol. The topological polar surface area (TPSA) is 148 Å². The van der Waals surface area contributed by atoms with Gasteiger partial charge in [0, 0.05) is 11.5 Å². The molecule has 0 aliphatic carbocycles. The zero-order valence-electron chi connectivity index (χ0n) is 11.1. The number of rotatable bonds is 10. The van der Waals surface area contributed by atoms with E-state index in [1.165, 1.54) is 0 Å². The van der Waals surface area contributed by atoms with Crippen molar-refractivity contribution in [3.8, 4) is 0 Å². The second-order valence-electron chi connectivity index (χ2n) is 4.73. The molecule has 0 saturated carbocycles. The van der Waals surface area contributed by atoms with Crippen LogP contribution in [0, 0.1) is 11.3 Å². The molecule has 6 N–H and O–H groups in total. The third kappa shape index (κ3) is 5.95. The molecule has 0 aromatic heterocycles. The van der Waals surface area contributed by atoms with E-state index in [1.54, 1.807) is 0 Å². The van der Waals surface area contributed by atoms with Gasteiger partial charge < -0.3 is 35.4 Å². The van der Waals surface area contributed by atoms with Crippen molar-refractivity contribution >= 4 is 5.97 Å². The van der Waals surface area contributed by atoms with Gasteiger partial charge in [-0.3, -0.25) is 0 Å². The van der Waals surface area contributed by atoms with E-state index in [4.69, 9.17) is 15.3 Å². The molecule has 0 fully saturated rings. The van der Waals surface area contributed by atoms with Gasteiger partial charge in [0.2, 0.25) is 0 Å². The summed E-state index contributed by atoms with van der Waals surface area (Å²) in [6.45, 7) is 1.11. The maximum atomic E-state index is 10.9. The second kappa shape index (κ2) is 8.30. The summed E-state index contributed by atoms with van der Waals surface area (Å²) in [5.41, 5.74) is -1.22. The van der Waals surface area contributed by atoms with E-state index >= 15 is 0 Å². The van der Waals surface area contributed by atoms with Gasteiger partial charge in [-0.15, -0.1) is 0 Å². The van der Waals surface area contributed by atoms with Crippen molar-refractivity contribution in [2.75, 3.05) is 26.4 Å². The van der Waals surface area contributed by atoms with E-state index in [1.807, 2.05) is 0 Å². The number of aliphatic hydroxyl groups is 6. The van der Waals surface area contributed by atoms with Crippen LogP contribution in [0.1, 0.15) is 12.8 Å². The Labute approximate surface area is 116 Å². The van der Waals surface area contributed by atoms with Crippen molar-refractivity contribution < 1.29 is 40.2 Å². The van der Waals surface area contributed by atoms with E-state index < -0.39 is 49.7 Å². The van der Waals surface area contributed by atoms with Gasteiger partial charge in [0.25, 0.3) is 5.97 Å². The molecule has 0 spiro atoms. The third-order valence-electron chi connectivity index (χ3n) is 3.17. The van der Waals surface area contributed by atoms with Crippen LogP contribution in [0.15, 0.2) is 12.7 Å². The summed E-state index contributed by atoms with van der Waals surface area (Å²) >= 11 is 0. The molecule has 0 aliphatic heterocycles. The van der Waals surface area contributed by atoms with Gasteiger partial charge in [0.15, 0.2) is 0 Å². The van der Waals surface area contributed by atoms with Crippen molar-refractivity contribution in [3.63, 3.8) is 0 Å². The molecular formula is C12H22O8. The number of esters is 1. The standard InChI is InChI=1S/C12H22O8/c1-2-10(16)20-5-9(12(17,18)19)3-4-11(6-13,7-14)8-15/h2,9,13-15,17-19H,1,3-8H2. The molecule has 1 atom stereocenters. The Morgan fingerprint density at radius 3 is 2.00 bits per heavy atom. The van der Waals surface area contributed by atoms with Crippen molar-refractivity contribution in [3.05, 3.63) is 12.7 Å². The van der Waals surface area contributed by atoms with Crippen LogP contribution in [-0.4, -0.2) is 69.0 Å². The van der Waals surface area contributed by atoms with Crippen LogP contribution in [0.2, 0.25) is 0 Å². The summed E-state index contributed by atoms with van der Waals surface area (Å²) in [6.07, 6.45) is 0.746. The van der Waals surface area contributed by atoms with Crippen LogP contribution >= 0.6 is 0 Å². The normalized spacial score (nSPS) is 13.9. The molecule has 0 aromatic carbocycles. The molecule has 20 heavy (non-hydrogen) atoms. The number of hydrogen-bond acceptors (Lipinski definition) is 8. The first-order chi connectivity index (χ1) is 9.24. The highest BCUT2D eigenvalue weighted by Crippen LogP contribution is 2.28. The number of hydrogen-bond donors (Lipinski definition) is 6. The first-order valence-electron chi connectivity index (χ1n) is 6.03. The average Bonchev–Trinajstić information content (AvgIpc) is 2.41. The summed E-state index contributed by atoms with van der Waals surface area (Å²) < 4.78 is 4.62. The quantitative estimate of drug-likeness (QED) is 0.150. The van der Waals surface area contributed by atoms with E-state index in [2.05, 4.69) is 11.3 Å². The maximum absolute atomic E-state index is 10.9. The first-order valence-corrected chi connectivity index (χ1v) is 6.03. The molecule has 0 bridgehead atoms. The summed E-state index contributed by atoms with van der Waals surface area (Å²) in [5.74, 6) is -5.15. The molecule has 0 aromatic rings. The van der Waals surface area contributed by atoms with Crippen LogP contribution in [-0.2, 0) is 9.53 Å². The smallest absolute Gasteiger partial charge is 0.330 e. The molecule has 0 saturated heterocycles. The number of aliphatic hydroxyl groups excluding tert-OH is 3. The number of ether oxygens (including phenoxy) is 1. The second-order valence-corrected chi connectivity index (χ2v) is 4.73. The molecule has 1 unspecified atom stereocenters. The third-order valence-corrected chi connectivity index (χ3v) is 3.17. The van der Waals surface area contributed by atoms with Crippen LogP contribution in [0.3, 0.4) is 0 Å². The molecule has 0 rings (SSSR count). The Hall–Kier alpha value is -1.03. The van der Waals surface area contributed by atoms with Crippen molar-refractivity contribution in [2.24, 2.45) is 11.3 Å².